The largest absolute Gasteiger partial charge is 0.357 e. The topological polar surface area (TPSA) is 71.0 Å². The number of thiophene rings is 1. The number of aromatic amines is 1. The first-order valence-corrected chi connectivity index (χ1v) is 17.0. The van der Waals surface area contributed by atoms with Gasteiger partial charge in [-0.2, -0.15) is 5.10 Å². The molecule has 4 heterocycles. The van der Waals surface area contributed by atoms with E-state index in [1.165, 1.54) is 22.9 Å². The Morgan fingerprint density at radius 3 is 2.60 bits per heavy atom. The summed E-state index contributed by atoms with van der Waals surface area (Å²) in [6.07, 6.45) is 3.48. The smallest absolute Gasteiger partial charge is 0.175 e. The van der Waals surface area contributed by atoms with Gasteiger partial charge in [-0.05, 0) is 84.9 Å². The van der Waals surface area contributed by atoms with Gasteiger partial charge < -0.3 is 4.98 Å². The Morgan fingerprint density at radius 1 is 0.952 bits per heavy atom. The summed E-state index contributed by atoms with van der Waals surface area (Å²) in [6, 6.07) is 32.1. The molecule has 212 valence electrons. The molecule has 1 fully saturated rings. The molecule has 42 heavy (non-hydrogen) atoms. The van der Waals surface area contributed by atoms with Gasteiger partial charge in [0, 0.05) is 28.9 Å². The third kappa shape index (κ3) is 5.20. The second-order valence-electron chi connectivity index (χ2n) is 10.8. The molecule has 0 bridgehead atoms. The Hall–Kier alpha value is -3.69. The van der Waals surface area contributed by atoms with E-state index < -0.39 is 9.84 Å². The molecular weight excluding hydrogens is 584 g/mol. The number of aromatic nitrogens is 3. The molecule has 0 spiro atoms. The van der Waals surface area contributed by atoms with Crippen molar-refractivity contribution in [1.29, 1.82) is 0 Å². The SMILES string of the molecule is CS(=O)(=O)c1cccc(-c2ccc(-c3cc(CN4CCCC4c4cc5ccccc5[nH]4)nn3-c3ccccc3Cl)s2)c1. The van der Waals surface area contributed by atoms with Gasteiger partial charge in [-0.1, -0.05) is 54.1 Å². The molecule has 1 atom stereocenters. The van der Waals surface area contributed by atoms with E-state index in [-0.39, 0.29) is 0 Å². The predicted octanol–water partition coefficient (Wildman–Crippen LogP) is 8.14. The molecule has 0 amide bonds. The highest BCUT2D eigenvalue weighted by molar-refractivity contribution is 7.90. The average molecular weight is 613 g/mol. The Bertz CT molecular complexity index is 1990. The minimum atomic E-state index is -3.30. The molecule has 0 radical (unpaired) electrons. The van der Waals surface area contributed by atoms with E-state index in [0.29, 0.717) is 16.0 Å². The van der Waals surface area contributed by atoms with Gasteiger partial charge in [-0.3, -0.25) is 4.90 Å². The highest BCUT2D eigenvalue weighted by Gasteiger charge is 2.28. The quantitative estimate of drug-likeness (QED) is 0.197. The third-order valence-corrected chi connectivity index (χ3v) is 10.5. The van der Waals surface area contributed by atoms with Crippen LogP contribution in [-0.4, -0.2) is 40.9 Å². The molecule has 0 saturated carbocycles. The maximum atomic E-state index is 12.2. The number of halogens is 1. The van der Waals surface area contributed by atoms with Gasteiger partial charge in [0.15, 0.2) is 9.84 Å². The zero-order valence-electron chi connectivity index (χ0n) is 23.0. The van der Waals surface area contributed by atoms with Crippen LogP contribution in [-0.2, 0) is 16.4 Å². The number of likely N-dealkylation sites (tertiary alicyclic amines) is 1. The number of benzene rings is 3. The molecule has 1 saturated heterocycles. The molecule has 1 N–H and O–H groups in total. The van der Waals surface area contributed by atoms with Gasteiger partial charge in [0.25, 0.3) is 0 Å². The van der Waals surface area contributed by atoms with Crippen LogP contribution in [0.25, 0.3) is 37.6 Å². The summed E-state index contributed by atoms with van der Waals surface area (Å²) < 4.78 is 26.2. The summed E-state index contributed by atoms with van der Waals surface area (Å²) in [7, 11) is -3.30. The second kappa shape index (κ2) is 10.9. The van der Waals surface area contributed by atoms with Gasteiger partial charge in [-0.15, -0.1) is 11.3 Å². The van der Waals surface area contributed by atoms with Crippen molar-refractivity contribution in [3.8, 4) is 26.7 Å². The number of nitrogens with one attached hydrogen (secondary N) is 1. The van der Waals surface area contributed by atoms with E-state index in [2.05, 4.69) is 52.3 Å². The summed E-state index contributed by atoms with van der Waals surface area (Å²) >= 11 is 8.28. The van der Waals surface area contributed by atoms with Crippen molar-refractivity contribution in [2.24, 2.45) is 0 Å². The number of fused-ring (bicyclic) bond motifs is 1. The molecule has 3 aromatic carbocycles. The molecule has 3 aromatic heterocycles. The van der Waals surface area contributed by atoms with Crippen LogP contribution >= 0.6 is 22.9 Å². The first kappa shape index (κ1) is 27.2. The zero-order valence-corrected chi connectivity index (χ0v) is 25.4. The van der Waals surface area contributed by atoms with Crippen molar-refractivity contribution in [3.63, 3.8) is 0 Å². The van der Waals surface area contributed by atoms with Crippen molar-refractivity contribution in [2.45, 2.75) is 30.3 Å². The number of nitrogens with zero attached hydrogens (tertiary/aromatic N) is 3. The van der Waals surface area contributed by atoms with E-state index in [4.69, 9.17) is 16.7 Å². The Labute approximate surface area is 254 Å². The lowest BCUT2D eigenvalue weighted by molar-refractivity contribution is 0.242. The summed E-state index contributed by atoms with van der Waals surface area (Å²) in [6.45, 7) is 1.73. The van der Waals surface area contributed by atoms with Crippen molar-refractivity contribution < 1.29 is 8.42 Å². The van der Waals surface area contributed by atoms with E-state index in [1.807, 2.05) is 41.1 Å². The number of rotatable bonds is 7. The number of hydrogen-bond acceptors (Lipinski definition) is 5. The number of H-pyrrole nitrogens is 1. The van der Waals surface area contributed by atoms with E-state index in [9.17, 15) is 8.42 Å². The van der Waals surface area contributed by atoms with Crippen molar-refractivity contribution in [1.82, 2.24) is 19.7 Å². The van der Waals surface area contributed by atoms with Gasteiger partial charge in [0.2, 0.25) is 0 Å². The van der Waals surface area contributed by atoms with Crippen LogP contribution in [0.4, 0.5) is 0 Å². The minimum absolute atomic E-state index is 0.307. The van der Waals surface area contributed by atoms with Crippen LogP contribution in [0.1, 0.15) is 30.3 Å². The monoisotopic (exact) mass is 612 g/mol. The van der Waals surface area contributed by atoms with E-state index in [0.717, 1.165) is 58.3 Å². The average Bonchev–Trinajstić information content (AvgIpc) is 3.79. The van der Waals surface area contributed by atoms with Gasteiger partial charge >= 0.3 is 0 Å². The predicted molar refractivity (Wildman–Crippen MR) is 171 cm³/mol. The lowest BCUT2D eigenvalue weighted by atomic mass is 10.1. The van der Waals surface area contributed by atoms with Crippen molar-refractivity contribution in [3.05, 3.63) is 113 Å². The Kier molecular flexibility index (Phi) is 7.02. The summed E-state index contributed by atoms with van der Waals surface area (Å²) in [5, 5.41) is 6.95. The molecule has 1 aliphatic heterocycles. The summed E-state index contributed by atoms with van der Waals surface area (Å²) in [4.78, 5) is 8.48. The van der Waals surface area contributed by atoms with Crippen molar-refractivity contribution in [2.75, 3.05) is 12.8 Å². The maximum Gasteiger partial charge on any atom is 0.175 e. The van der Waals surface area contributed by atoms with Crippen LogP contribution in [0.3, 0.4) is 0 Å². The van der Waals surface area contributed by atoms with Gasteiger partial charge in [-0.25, -0.2) is 13.1 Å². The van der Waals surface area contributed by atoms with E-state index in [1.54, 1.807) is 29.5 Å². The fourth-order valence-corrected chi connectivity index (χ4v) is 7.74. The highest BCUT2D eigenvalue weighted by atomic mass is 35.5. The number of sulfone groups is 1. The second-order valence-corrected chi connectivity index (χ2v) is 14.3. The van der Waals surface area contributed by atoms with Crippen LogP contribution in [0, 0.1) is 0 Å². The summed E-state index contributed by atoms with van der Waals surface area (Å²) in [5.74, 6) is 0. The molecule has 9 heteroatoms. The Morgan fingerprint density at radius 2 is 1.76 bits per heavy atom. The highest BCUT2D eigenvalue weighted by Crippen LogP contribution is 2.39. The fourth-order valence-electron chi connectivity index (χ4n) is 5.85. The van der Waals surface area contributed by atoms with Crippen LogP contribution in [0.2, 0.25) is 5.02 Å². The minimum Gasteiger partial charge on any atom is -0.357 e. The molecular formula is C33H29ClN4O2S2. The molecule has 0 aliphatic carbocycles. The van der Waals surface area contributed by atoms with E-state index >= 15 is 0 Å². The lowest BCUT2D eigenvalue weighted by Gasteiger charge is -2.22. The van der Waals surface area contributed by atoms with Crippen LogP contribution in [0.5, 0.6) is 0 Å². The summed E-state index contributed by atoms with van der Waals surface area (Å²) in [5.41, 5.74) is 6.04. The lowest BCUT2D eigenvalue weighted by Crippen LogP contribution is -2.23. The van der Waals surface area contributed by atoms with Gasteiger partial charge in [0.1, 0.15) is 0 Å². The molecule has 1 unspecified atom stereocenters. The Balaban J connectivity index is 1.24. The van der Waals surface area contributed by atoms with Crippen molar-refractivity contribution >= 4 is 43.7 Å². The van der Waals surface area contributed by atoms with Crippen LogP contribution in [0.15, 0.2) is 102 Å². The zero-order chi connectivity index (χ0) is 28.8. The normalized spacial score (nSPS) is 16.0. The maximum absolute atomic E-state index is 12.2. The third-order valence-electron chi connectivity index (χ3n) is 7.88. The molecule has 6 nitrogen and oxygen atoms in total. The number of hydrogen-bond donors (Lipinski definition) is 1. The standard InChI is InChI=1S/C33H29ClN4O2S2/c1-42(39,40)25-10-6-9-23(18-25)32-15-16-33(41-32)31-20-24(36-38(31)29-13-5-3-11-26(29)34)21-37-17-7-14-30(37)28-19-22-8-2-4-12-27(22)35-28/h2-6,8-13,15-16,18-20,30,35H,7,14,17,21H2,1H3. The molecule has 7 rings (SSSR count). The van der Waals surface area contributed by atoms with Gasteiger partial charge in [0.05, 0.1) is 37.9 Å². The molecule has 6 aromatic rings. The van der Waals surface area contributed by atoms with Crippen LogP contribution < -0.4 is 0 Å². The fraction of sp³-hybridized carbons (Fsp3) is 0.182. The first-order valence-electron chi connectivity index (χ1n) is 13.9. The number of para-hydroxylation sites is 2. The molecule has 1 aliphatic rings. The first-order chi connectivity index (χ1) is 20.3.